The van der Waals surface area contributed by atoms with Gasteiger partial charge in [0.15, 0.2) is 5.11 Å². The van der Waals surface area contributed by atoms with E-state index >= 15 is 0 Å². The third-order valence-corrected chi connectivity index (χ3v) is 4.06. The van der Waals surface area contributed by atoms with E-state index in [9.17, 15) is 4.79 Å². The third-order valence-electron chi connectivity index (χ3n) is 3.82. The van der Waals surface area contributed by atoms with Crippen LogP contribution in [0.4, 0.5) is 0 Å². The molecule has 3 N–H and O–H groups in total. The summed E-state index contributed by atoms with van der Waals surface area (Å²) >= 11 is 5.16. The molecule has 0 aliphatic carbocycles. The standard InChI is InChI=1S/C18H25N5OS/c1-12(2)10-11-19-18(25)21-20-17(24)16-13(3)22-23(14(16)4)15-8-6-5-7-9-15/h5-9,12H,10-11H2,1-4H3,(H,20,24)(H2,19,21,25). The van der Waals surface area contributed by atoms with Gasteiger partial charge in [-0.25, -0.2) is 4.68 Å². The number of aromatic nitrogens is 2. The van der Waals surface area contributed by atoms with Crippen LogP contribution in [0.3, 0.4) is 0 Å². The van der Waals surface area contributed by atoms with Gasteiger partial charge in [0, 0.05) is 6.54 Å². The fraction of sp³-hybridized carbons (Fsp3) is 0.389. The van der Waals surface area contributed by atoms with Crippen LogP contribution in [-0.2, 0) is 0 Å². The number of hydrazine groups is 1. The van der Waals surface area contributed by atoms with Crippen molar-refractivity contribution in [3.63, 3.8) is 0 Å². The van der Waals surface area contributed by atoms with Crippen LogP contribution in [0.25, 0.3) is 5.69 Å². The molecule has 0 saturated heterocycles. The van der Waals surface area contributed by atoms with Crippen LogP contribution in [0.5, 0.6) is 0 Å². The van der Waals surface area contributed by atoms with Crippen molar-refractivity contribution >= 4 is 23.2 Å². The lowest BCUT2D eigenvalue weighted by molar-refractivity contribution is 0.0942. The molecule has 25 heavy (non-hydrogen) atoms. The average molecular weight is 359 g/mol. The molecule has 6 nitrogen and oxygen atoms in total. The molecule has 0 unspecified atom stereocenters. The van der Waals surface area contributed by atoms with Gasteiger partial charge in [-0.3, -0.25) is 15.6 Å². The molecule has 0 fully saturated rings. The number of aryl methyl sites for hydroxylation is 1. The number of hydrogen-bond donors (Lipinski definition) is 3. The number of nitrogens with one attached hydrogen (secondary N) is 3. The van der Waals surface area contributed by atoms with Crippen LogP contribution in [0, 0.1) is 19.8 Å². The van der Waals surface area contributed by atoms with Gasteiger partial charge in [0.05, 0.1) is 22.6 Å². The number of carbonyl (C=O) groups excluding carboxylic acids is 1. The Bertz CT molecular complexity index is 739. The Morgan fingerprint density at radius 2 is 1.88 bits per heavy atom. The number of benzene rings is 1. The first kappa shape index (κ1) is 18.9. The molecule has 0 bridgehead atoms. The first-order valence-corrected chi connectivity index (χ1v) is 8.76. The summed E-state index contributed by atoms with van der Waals surface area (Å²) in [4.78, 5) is 12.5. The Morgan fingerprint density at radius 3 is 2.52 bits per heavy atom. The van der Waals surface area contributed by atoms with Gasteiger partial charge in [-0.05, 0) is 50.5 Å². The molecule has 7 heteroatoms. The molecule has 2 rings (SSSR count). The molecule has 1 amide bonds. The maximum atomic E-state index is 12.5. The zero-order chi connectivity index (χ0) is 18.4. The normalized spacial score (nSPS) is 10.6. The van der Waals surface area contributed by atoms with E-state index in [0.717, 1.165) is 24.3 Å². The Balaban J connectivity index is 2.00. The number of amides is 1. The summed E-state index contributed by atoms with van der Waals surface area (Å²) in [6.07, 6.45) is 1.01. The van der Waals surface area contributed by atoms with Crippen molar-refractivity contribution in [2.24, 2.45) is 5.92 Å². The second-order valence-electron chi connectivity index (χ2n) is 6.31. The SMILES string of the molecule is Cc1nn(-c2ccccc2)c(C)c1C(=O)NNC(=S)NCCC(C)C. The summed E-state index contributed by atoms with van der Waals surface area (Å²) in [6, 6.07) is 9.73. The van der Waals surface area contributed by atoms with E-state index in [1.807, 2.05) is 44.2 Å². The molecule has 1 aromatic carbocycles. The minimum atomic E-state index is -0.259. The predicted octanol–water partition coefficient (Wildman–Crippen LogP) is 2.64. The highest BCUT2D eigenvalue weighted by atomic mass is 32.1. The minimum Gasteiger partial charge on any atom is -0.361 e. The molecule has 0 radical (unpaired) electrons. The zero-order valence-corrected chi connectivity index (χ0v) is 15.9. The molecule has 1 heterocycles. The van der Waals surface area contributed by atoms with E-state index in [-0.39, 0.29) is 5.91 Å². The van der Waals surface area contributed by atoms with Crippen LogP contribution < -0.4 is 16.2 Å². The predicted molar refractivity (Wildman–Crippen MR) is 104 cm³/mol. The van der Waals surface area contributed by atoms with Crippen molar-refractivity contribution in [3.05, 3.63) is 47.3 Å². The lowest BCUT2D eigenvalue weighted by Crippen LogP contribution is -2.47. The van der Waals surface area contributed by atoms with Crippen LogP contribution in [0.1, 0.15) is 42.0 Å². The smallest absolute Gasteiger partial charge is 0.273 e. The largest absolute Gasteiger partial charge is 0.361 e. The van der Waals surface area contributed by atoms with E-state index in [4.69, 9.17) is 12.2 Å². The lowest BCUT2D eigenvalue weighted by atomic mass is 10.1. The molecule has 0 aliphatic rings. The quantitative estimate of drug-likeness (QED) is 0.565. The topological polar surface area (TPSA) is 71.0 Å². The molecule has 0 atom stereocenters. The van der Waals surface area contributed by atoms with Crippen LogP contribution >= 0.6 is 12.2 Å². The summed E-state index contributed by atoms with van der Waals surface area (Å²) in [7, 11) is 0. The van der Waals surface area contributed by atoms with Gasteiger partial charge in [0.2, 0.25) is 0 Å². The van der Waals surface area contributed by atoms with E-state index in [1.54, 1.807) is 4.68 Å². The van der Waals surface area contributed by atoms with Gasteiger partial charge in [-0.15, -0.1) is 0 Å². The number of nitrogens with zero attached hydrogens (tertiary/aromatic N) is 2. The number of rotatable bonds is 5. The number of para-hydroxylation sites is 1. The summed E-state index contributed by atoms with van der Waals surface area (Å²) < 4.78 is 1.77. The van der Waals surface area contributed by atoms with Gasteiger partial charge in [0.25, 0.3) is 5.91 Å². The summed E-state index contributed by atoms with van der Waals surface area (Å²) in [5.41, 5.74) is 8.29. The monoisotopic (exact) mass is 359 g/mol. The van der Waals surface area contributed by atoms with Gasteiger partial charge in [-0.2, -0.15) is 5.10 Å². The fourth-order valence-corrected chi connectivity index (χ4v) is 2.64. The van der Waals surface area contributed by atoms with Crippen molar-refractivity contribution < 1.29 is 4.79 Å². The first-order chi connectivity index (χ1) is 11.9. The van der Waals surface area contributed by atoms with Crippen molar-refractivity contribution in [1.82, 2.24) is 25.9 Å². The van der Waals surface area contributed by atoms with Crippen LogP contribution in [0.15, 0.2) is 30.3 Å². The molecule has 0 saturated carbocycles. The Morgan fingerprint density at radius 1 is 1.20 bits per heavy atom. The number of thiocarbonyl (C=S) groups is 1. The highest BCUT2D eigenvalue weighted by Gasteiger charge is 2.19. The number of hydrogen-bond acceptors (Lipinski definition) is 3. The summed E-state index contributed by atoms with van der Waals surface area (Å²) in [6.45, 7) is 8.76. The van der Waals surface area contributed by atoms with Gasteiger partial charge >= 0.3 is 0 Å². The van der Waals surface area contributed by atoms with Gasteiger partial charge in [-0.1, -0.05) is 32.0 Å². The summed E-state index contributed by atoms with van der Waals surface area (Å²) in [5.74, 6) is 0.337. The van der Waals surface area contributed by atoms with E-state index in [2.05, 4.69) is 35.1 Å². The zero-order valence-electron chi connectivity index (χ0n) is 15.1. The Labute approximate surface area is 154 Å². The fourth-order valence-electron chi connectivity index (χ4n) is 2.49. The van der Waals surface area contributed by atoms with Crippen molar-refractivity contribution in [2.45, 2.75) is 34.1 Å². The van der Waals surface area contributed by atoms with Gasteiger partial charge < -0.3 is 5.32 Å². The maximum Gasteiger partial charge on any atom is 0.273 e. The highest BCUT2D eigenvalue weighted by molar-refractivity contribution is 7.80. The lowest BCUT2D eigenvalue weighted by Gasteiger charge is -2.12. The molecule has 1 aromatic heterocycles. The molecular weight excluding hydrogens is 334 g/mol. The molecular formula is C18H25N5OS. The van der Waals surface area contributed by atoms with Crippen LogP contribution in [-0.4, -0.2) is 27.3 Å². The molecule has 134 valence electrons. The minimum absolute atomic E-state index is 0.259. The number of carbonyl (C=O) groups is 1. The molecule has 0 aliphatic heterocycles. The van der Waals surface area contributed by atoms with Gasteiger partial charge in [0.1, 0.15) is 0 Å². The first-order valence-electron chi connectivity index (χ1n) is 8.36. The van der Waals surface area contributed by atoms with Crippen molar-refractivity contribution in [3.8, 4) is 5.69 Å². The van der Waals surface area contributed by atoms with Crippen molar-refractivity contribution in [1.29, 1.82) is 0 Å². The molecule has 2 aromatic rings. The highest BCUT2D eigenvalue weighted by Crippen LogP contribution is 2.17. The Kier molecular flexibility index (Phi) is 6.52. The van der Waals surface area contributed by atoms with E-state index in [1.165, 1.54) is 0 Å². The third kappa shape index (κ3) is 5.03. The Hall–Kier alpha value is -2.41. The summed E-state index contributed by atoms with van der Waals surface area (Å²) in [5, 5.41) is 7.95. The van der Waals surface area contributed by atoms with E-state index in [0.29, 0.717) is 22.3 Å². The second-order valence-corrected chi connectivity index (χ2v) is 6.72. The maximum absolute atomic E-state index is 12.5. The van der Waals surface area contributed by atoms with E-state index < -0.39 is 0 Å². The second kappa shape index (κ2) is 8.62. The van der Waals surface area contributed by atoms with Crippen molar-refractivity contribution in [2.75, 3.05) is 6.54 Å². The molecule has 0 spiro atoms. The van der Waals surface area contributed by atoms with Crippen LogP contribution in [0.2, 0.25) is 0 Å². The average Bonchev–Trinajstić information content (AvgIpc) is 2.88.